The number of nitrogens with two attached hydrogens (primary N) is 1. The van der Waals surface area contributed by atoms with Crippen LogP contribution in [0.2, 0.25) is 0 Å². The predicted molar refractivity (Wildman–Crippen MR) is 80.3 cm³/mol. The van der Waals surface area contributed by atoms with Gasteiger partial charge in [-0.25, -0.2) is 4.79 Å². The number of nitrogens with zero attached hydrogens (tertiary/aromatic N) is 1. The Hall–Kier alpha value is -1.75. The third-order valence-electron chi connectivity index (χ3n) is 3.23. The number of benzene rings is 1. The number of carboxylic acid groups (broad SMARTS) is 1. The molecule has 3 N–H and O–H groups in total. The molecule has 5 nitrogen and oxygen atoms in total. The number of rotatable bonds is 7. The highest BCUT2D eigenvalue weighted by Gasteiger charge is 2.15. The molecule has 0 heterocycles. The summed E-state index contributed by atoms with van der Waals surface area (Å²) in [4.78, 5) is 13.3. The fraction of sp³-hybridized carbons (Fsp3) is 0.533. The molecule has 0 saturated heterocycles. The van der Waals surface area contributed by atoms with Gasteiger partial charge in [0.05, 0.1) is 11.3 Å². The van der Waals surface area contributed by atoms with Gasteiger partial charge >= 0.3 is 5.97 Å². The Balaban J connectivity index is 2.67. The van der Waals surface area contributed by atoms with Gasteiger partial charge in [0, 0.05) is 18.6 Å². The Morgan fingerprint density at radius 3 is 2.40 bits per heavy atom. The number of aromatic carboxylic acids is 1. The van der Waals surface area contributed by atoms with Crippen LogP contribution >= 0.6 is 0 Å². The standard InChI is InChI=1S/C15H24N2O3/c1-10(2)17(11(3)4)8-9-20-13-7-5-6-12(14(13)16)15(18)19/h5-7,10-11H,8-9,16H2,1-4H3,(H,18,19). The lowest BCUT2D eigenvalue weighted by Crippen LogP contribution is -2.39. The maximum absolute atomic E-state index is 11.0. The summed E-state index contributed by atoms with van der Waals surface area (Å²) in [6.07, 6.45) is 0. The van der Waals surface area contributed by atoms with Gasteiger partial charge in [-0.1, -0.05) is 6.07 Å². The van der Waals surface area contributed by atoms with Gasteiger partial charge in [0.1, 0.15) is 12.4 Å². The highest BCUT2D eigenvalue weighted by atomic mass is 16.5. The molecule has 0 radical (unpaired) electrons. The van der Waals surface area contributed by atoms with Crippen LogP contribution in [-0.2, 0) is 0 Å². The molecule has 1 aromatic carbocycles. The number of ether oxygens (including phenoxy) is 1. The molecule has 1 rings (SSSR count). The van der Waals surface area contributed by atoms with E-state index in [4.69, 9.17) is 15.6 Å². The van der Waals surface area contributed by atoms with Crippen LogP contribution in [-0.4, -0.2) is 41.2 Å². The Morgan fingerprint density at radius 2 is 1.90 bits per heavy atom. The Bertz CT molecular complexity index is 450. The van der Waals surface area contributed by atoms with Crippen molar-refractivity contribution in [3.63, 3.8) is 0 Å². The van der Waals surface area contributed by atoms with Gasteiger partial charge in [-0.05, 0) is 39.8 Å². The molecule has 1 aromatic rings. The summed E-state index contributed by atoms with van der Waals surface area (Å²) in [5, 5.41) is 9.01. The second kappa shape index (κ2) is 7.14. The van der Waals surface area contributed by atoms with Crippen molar-refractivity contribution in [3.8, 4) is 5.75 Å². The Kier molecular flexibility index (Phi) is 5.82. The molecule has 0 aliphatic heterocycles. The van der Waals surface area contributed by atoms with E-state index < -0.39 is 5.97 Å². The number of para-hydroxylation sites is 1. The molecule has 0 spiro atoms. The zero-order valence-electron chi connectivity index (χ0n) is 12.6. The van der Waals surface area contributed by atoms with E-state index in [1.807, 2.05) is 0 Å². The molecule has 0 aliphatic rings. The first-order chi connectivity index (χ1) is 9.34. The summed E-state index contributed by atoms with van der Waals surface area (Å²) in [7, 11) is 0. The molecular weight excluding hydrogens is 256 g/mol. The van der Waals surface area contributed by atoms with Crippen molar-refractivity contribution < 1.29 is 14.6 Å². The molecule has 0 atom stereocenters. The molecule has 5 heteroatoms. The van der Waals surface area contributed by atoms with Crippen molar-refractivity contribution in [1.29, 1.82) is 0 Å². The predicted octanol–water partition coefficient (Wildman–Crippen LogP) is 2.46. The fourth-order valence-electron chi connectivity index (χ4n) is 2.23. The van der Waals surface area contributed by atoms with Crippen LogP contribution in [0.15, 0.2) is 18.2 Å². The van der Waals surface area contributed by atoms with Gasteiger partial charge in [0.25, 0.3) is 0 Å². The molecule has 0 aromatic heterocycles. The first-order valence-corrected chi connectivity index (χ1v) is 6.85. The Labute approximate surface area is 120 Å². The van der Waals surface area contributed by atoms with Gasteiger partial charge in [-0.2, -0.15) is 0 Å². The van der Waals surface area contributed by atoms with Crippen LogP contribution in [0, 0.1) is 0 Å². The second-order valence-electron chi connectivity index (χ2n) is 5.30. The smallest absolute Gasteiger partial charge is 0.337 e. The summed E-state index contributed by atoms with van der Waals surface area (Å²) in [5.74, 6) is -0.615. The molecule has 0 amide bonds. The topological polar surface area (TPSA) is 75.8 Å². The summed E-state index contributed by atoms with van der Waals surface area (Å²) < 4.78 is 5.63. The largest absolute Gasteiger partial charge is 0.490 e. The van der Waals surface area contributed by atoms with Crippen molar-refractivity contribution in [2.24, 2.45) is 0 Å². The zero-order chi connectivity index (χ0) is 15.3. The van der Waals surface area contributed by atoms with E-state index in [1.165, 1.54) is 6.07 Å². The summed E-state index contributed by atoms with van der Waals surface area (Å²) in [6, 6.07) is 5.66. The summed E-state index contributed by atoms with van der Waals surface area (Å²) in [6.45, 7) is 9.80. The number of nitrogen functional groups attached to an aromatic ring is 1. The monoisotopic (exact) mass is 280 g/mol. The Morgan fingerprint density at radius 1 is 1.30 bits per heavy atom. The van der Waals surface area contributed by atoms with Crippen LogP contribution in [0.25, 0.3) is 0 Å². The van der Waals surface area contributed by atoms with E-state index >= 15 is 0 Å². The van der Waals surface area contributed by atoms with E-state index in [1.54, 1.807) is 12.1 Å². The van der Waals surface area contributed by atoms with Crippen molar-refractivity contribution in [2.75, 3.05) is 18.9 Å². The third kappa shape index (κ3) is 4.13. The van der Waals surface area contributed by atoms with Crippen molar-refractivity contribution >= 4 is 11.7 Å². The molecule has 0 unspecified atom stereocenters. The normalized spacial score (nSPS) is 11.3. The highest BCUT2D eigenvalue weighted by molar-refractivity contribution is 5.95. The fourth-order valence-corrected chi connectivity index (χ4v) is 2.23. The van der Waals surface area contributed by atoms with E-state index in [9.17, 15) is 4.79 Å². The molecule has 0 aliphatic carbocycles. The van der Waals surface area contributed by atoms with Gasteiger partial charge in [0.2, 0.25) is 0 Å². The molecule has 0 fully saturated rings. The zero-order valence-corrected chi connectivity index (χ0v) is 12.6. The van der Waals surface area contributed by atoms with Gasteiger partial charge < -0.3 is 15.6 Å². The van der Waals surface area contributed by atoms with Crippen LogP contribution in [0.1, 0.15) is 38.1 Å². The summed E-state index contributed by atoms with van der Waals surface area (Å²) in [5.41, 5.74) is 6.06. The lowest BCUT2D eigenvalue weighted by molar-refractivity contribution is 0.0697. The van der Waals surface area contributed by atoms with E-state index in [2.05, 4.69) is 32.6 Å². The molecule has 20 heavy (non-hydrogen) atoms. The minimum Gasteiger partial charge on any atom is -0.490 e. The van der Waals surface area contributed by atoms with Gasteiger partial charge in [0.15, 0.2) is 0 Å². The van der Waals surface area contributed by atoms with E-state index in [-0.39, 0.29) is 11.3 Å². The lowest BCUT2D eigenvalue weighted by Gasteiger charge is -2.30. The van der Waals surface area contributed by atoms with Crippen molar-refractivity contribution in [2.45, 2.75) is 39.8 Å². The molecule has 0 bridgehead atoms. The first kappa shape index (κ1) is 16.3. The minimum atomic E-state index is -1.04. The van der Waals surface area contributed by atoms with Gasteiger partial charge in [-0.15, -0.1) is 0 Å². The molecular formula is C15H24N2O3. The minimum absolute atomic E-state index is 0.0760. The van der Waals surface area contributed by atoms with Crippen LogP contribution < -0.4 is 10.5 Å². The third-order valence-corrected chi connectivity index (χ3v) is 3.23. The number of hydrogen-bond donors (Lipinski definition) is 2. The van der Waals surface area contributed by atoms with Gasteiger partial charge in [-0.3, -0.25) is 4.90 Å². The van der Waals surface area contributed by atoms with Crippen molar-refractivity contribution in [3.05, 3.63) is 23.8 Å². The van der Waals surface area contributed by atoms with E-state index in [0.717, 1.165) is 6.54 Å². The number of hydrogen-bond acceptors (Lipinski definition) is 4. The second-order valence-corrected chi connectivity index (χ2v) is 5.30. The van der Waals surface area contributed by atoms with E-state index in [0.29, 0.717) is 24.4 Å². The summed E-state index contributed by atoms with van der Waals surface area (Å²) >= 11 is 0. The quantitative estimate of drug-likeness (QED) is 0.750. The van der Waals surface area contributed by atoms with Crippen LogP contribution in [0.4, 0.5) is 5.69 Å². The van der Waals surface area contributed by atoms with Crippen molar-refractivity contribution in [1.82, 2.24) is 4.90 Å². The number of carbonyl (C=O) groups is 1. The lowest BCUT2D eigenvalue weighted by atomic mass is 10.1. The average molecular weight is 280 g/mol. The molecule has 112 valence electrons. The first-order valence-electron chi connectivity index (χ1n) is 6.85. The SMILES string of the molecule is CC(C)N(CCOc1cccc(C(=O)O)c1N)C(C)C. The van der Waals surface area contributed by atoms with Crippen LogP contribution in [0.5, 0.6) is 5.75 Å². The van der Waals surface area contributed by atoms with Crippen LogP contribution in [0.3, 0.4) is 0 Å². The maximum atomic E-state index is 11.0. The number of anilines is 1. The maximum Gasteiger partial charge on any atom is 0.337 e. The highest BCUT2D eigenvalue weighted by Crippen LogP contribution is 2.25. The number of carboxylic acids is 1. The molecule has 0 saturated carbocycles. The average Bonchev–Trinajstić information content (AvgIpc) is 2.34.